The molecular formula is C25H20ClFN4O4. The lowest BCUT2D eigenvalue weighted by molar-refractivity contribution is 0.0950. The van der Waals surface area contributed by atoms with E-state index < -0.39 is 17.3 Å². The smallest absolute Gasteiger partial charge is 0.255 e. The van der Waals surface area contributed by atoms with Crippen molar-refractivity contribution in [3.8, 4) is 22.9 Å². The molecule has 0 atom stereocenters. The fourth-order valence-corrected chi connectivity index (χ4v) is 3.46. The quantitative estimate of drug-likeness (QED) is 0.395. The van der Waals surface area contributed by atoms with Gasteiger partial charge >= 0.3 is 0 Å². The number of hydrogen-bond donors (Lipinski definition) is 2. The summed E-state index contributed by atoms with van der Waals surface area (Å²) in [6.45, 7) is 0.227. The van der Waals surface area contributed by atoms with Gasteiger partial charge in [-0.05, 0) is 24.3 Å². The second-order valence-electron chi connectivity index (χ2n) is 7.35. The average molecular weight is 495 g/mol. The molecule has 10 heteroatoms. The van der Waals surface area contributed by atoms with E-state index in [9.17, 15) is 14.0 Å². The molecule has 2 aromatic carbocycles. The summed E-state index contributed by atoms with van der Waals surface area (Å²) in [5.41, 5.74) is 6.43. The van der Waals surface area contributed by atoms with E-state index in [1.54, 1.807) is 13.2 Å². The molecule has 178 valence electrons. The minimum absolute atomic E-state index is 0.0496. The first-order valence-corrected chi connectivity index (χ1v) is 10.8. The summed E-state index contributed by atoms with van der Waals surface area (Å²) in [5, 5.41) is 2.84. The Balaban J connectivity index is 1.55. The first-order valence-electron chi connectivity index (χ1n) is 10.4. The van der Waals surface area contributed by atoms with Crippen molar-refractivity contribution in [1.82, 2.24) is 14.9 Å². The summed E-state index contributed by atoms with van der Waals surface area (Å²) < 4.78 is 26.8. The van der Waals surface area contributed by atoms with Crippen LogP contribution in [0, 0.1) is 5.82 Å². The molecule has 0 bridgehead atoms. The maximum absolute atomic E-state index is 14.8. The number of pyridine rings is 2. The predicted octanol–water partition coefficient (Wildman–Crippen LogP) is 4.34. The predicted molar refractivity (Wildman–Crippen MR) is 130 cm³/mol. The van der Waals surface area contributed by atoms with Crippen molar-refractivity contribution in [3.05, 3.63) is 105 Å². The van der Waals surface area contributed by atoms with Crippen LogP contribution in [0.5, 0.6) is 17.2 Å². The molecule has 0 unspecified atom stereocenters. The first kappa shape index (κ1) is 23.8. The molecule has 0 aliphatic carbocycles. The lowest BCUT2D eigenvalue weighted by Crippen LogP contribution is -2.26. The van der Waals surface area contributed by atoms with Crippen LogP contribution in [0.1, 0.15) is 15.9 Å². The highest BCUT2D eigenvalue weighted by atomic mass is 35.5. The minimum atomic E-state index is -0.744. The number of hydrogen-bond acceptors (Lipinski definition) is 6. The molecule has 0 saturated heterocycles. The molecule has 4 rings (SSSR count). The summed E-state index contributed by atoms with van der Waals surface area (Å²) in [5.74, 6) is -0.446. The lowest BCUT2D eigenvalue weighted by Gasteiger charge is -2.13. The molecule has 0 radical (unpaired) electrons. The second-order valence-corrected chi connectivity index (χ2v) is 7.72. The number of anilines is 1. The van der Waals surface area contributed by atoms with Crippen LogP contribution in [0.2, 0.25) is 5.02 Å². The van der Waals surface area contributed by atoms with Gasteiger partial charge in [-0.25, -0.2) is 9.37 Å². The van der Waals surface area contributed by atoms with Crippen molar-refractivity contribution in [3.63, 3.8) is 0 Å². The number of nitrogens with zero attached hydrogens (tertiary/aromatic N) is 2. The molecule has 1 amide bonds. The zero-order chi connectivity index (χ0) is 24.9. The molecule has 0 aliphatic rings. The number of rotatable bonds is 7. The van der Waals surface area contributed by atoms with Crippen LogP contribution in [-0.2, 0) is 6.54 Å². The van der Waals surface area contributed by atoms with Crippen LogP contribution in [-0.4, -0.2) is 22.6 Å². The Morgan fingerprint density at radius 2 is 1.91 bits per heavy atom. The fourth-order valence-electron chi connectivity index (χ4n) is 3.31. The number of benzene rings is 2. The maximum Gasteiger partial charge on any atom is 0.255 e. The Morgan fingerprint density at radius 3 is 2.69 bits per heavy atom. The lowest BCUT2D eigenvalue weighted by atomic mass is 10.2. The largest absolute Gasteiger partial charge is 0.496 e. The summed E-state index contributed by atoms with van der Waals surface area (Å²) >= 11 is 6.05. The highest BCUT2D eigenvalue weighted by Gasteiger charge is 2.14. The Bertz CT molecular complexity index is 1460. The third kappa shape index (κ3) is 5.25. The van der Waals surface area contributed by atoms with Crippen molar-refractivity contribution >= 4 is 23.3 Å². The molecule has 3 N–H and O–H groups in total. The van der Waals surface area contributed by atoms with Gasteiger partial charge in [-0.15, -0.1) is 0 Å². The molecule has 2 heterocycles. The van der Waals surface area contributed by atoms with Crippen molar-refractivity contribution in [1.29, 1.82) is 0 Å². The highest BCUT2D eigenvalue weighted by Crippen LogP contribution is 2.33. The number of nitrogens with two attached hydrogens (primary N) is 1. The summed E-state index contributed by atoms with van der Waals surface area (Å²) in [6, 6.07) is 15.3. The van der Waals surface area contributed by atoms with Crippen LogP contribution in [0.4, 0.5) is 10.2 Å². The van der Waals surface area contributed by atoms with E-state index in [0.717, 1.165) is 11.6 Å². The van der Waals surface area contributed by atoms with Gasteiger partial charge in [0.25, 0.3) is 11.5 Å². The zero-order valence-corrected chi connectivity index (χ0v) is 19.3. The summed E-state index contributed by atoms with van der Waals surface area (Å²) in [6.07, 6.45) is 2.72. The van der Waals surface area contributed by atoms with Gasteiger partial charge < -0.3 is 20.5 Å². The number of amides is 1. The number of para-hydroxylation sites is 1. The van der Waals surface area contributed by atoms with E-state index in [0.29, 0.717) is 5.75 Å². The molecular weight excluding hydrogens is 475 g/mol. The number of carbonyl (C=O) groups excluding carboxylic acids is 1. The molecule has 35 heavy (non-hydrogen) atoms. The molecule has 0 saturated carbocycles. The van der Waals surface area contributed by atoms with Crippen LogP contribution in [0.25, 0.3) is 5.69 Å². The maximum atomic E-state index is 14.8. The normalized spacial score (nSPS) is 10.6. The van der Waals surface area contributed by atoms with Crippen LogP contribution >= 0.6 is 11.6 Å². The number of nitrogen functional groups attached to an aromatic ring is 1. The van der Waals surface area contributed by atoms with Crippen molar-refractivity contribution < 1.29 is 18.7 Å². The number of nitrogens with one attached hydrogen (secondary N) is 1. The highest BCUT2D eigenvalue weighted by molar-refractivity contribution is 6.34. The third-order valence-corrected chi connectivity index (χ3v) is 5.48. The zero-order valence-electron chi connectivity index (χ0n) is 18.5. The summed E-state index contributed by atoms with van der Waals surface area (Å²) in [7, 11) is 1.55. The monoisotopic (exact) mass is 494 g/mol. The summed E-state index contributed by atoms with van der Waals surface area (Å²) in [4.78, 5) is 29.0. The van der Waals surface area contributed by atoms with E-state index in [1.807, 2.05) is 18.2 Å². The van der Waals surface area contributed by atoms with Crippen LogP contribution in [0.15, 0.2) is 77.9 Å². The molecule has 0 fully saturated rings. The minimum Gasteiger partial charge on any atom is -0.496 e. The first-order chi connectivity index (χ1) is 16.9. The topological polar surface area (TPSA) is 108 Å². The fraction of sp³-hybridized carbons (Fsp3) is 0.0800. The SMILES string of the molecule is COc1ccccc1CNC(=O)c1ccc(=O)n(-c2ccc(Oc3ccnc(N)c3Cl)c(F)c2)c1. The number of aromatic nitrogens is 2. The Labute approximate surface area is 204 Å². The third-order valence-electron chi connectivity index (χ3n) is 5.10. The van der Waals surface area contributed by atoms with E-state index in [1.165, 1.54) is 47.3 Å². The number of methoxy groups -OCH3 is 1. The molecule has 8 nitrogen and oxygen atoms in total. The Hall–Kier alpha value is -4.37. The standard InChI is InChI=1S/C25H20ClFN4O4/c1-34-19-5-3-2-4-15(19)13-30-25(33)16-6-9-22(32)31(14-16)17-7-8-20(18(27)12-17)35-21-10-11-29-24(28)23(21)26/h2-12,14H,13H2,1H3,(H2,28,29)(H,30,33). The number of ether oxygens (including phenoxy) is 2. The molecule has 0 aliphatic heterocycles. The van der Waals surface area contributed by atoms with Gasteiger partial charge in [-0.3, -0.25) is 14.2 Å². The second kappa shape index (κ2) is 10.3. The van der Waals surface area contributed by atoms with E-state index in [4.69, 9.17) is 26.8 Å². The van der Waals surface area contributed by atoms with Crippen LogP contribution in [0.3, 0.4) is 0 Å². The van der Waals surface area contributed by atoms with Gasteiger partial charge in [0.05, 0.1) is 18.4 Å². The van der Waals surface area contributed by atoms with Crippen molar-refractivity contribution in [2.24, 2.45) is 0 Å². The van der Waals surface area contributed by atoms with Crippen molar-refractivity contribution in [2.45, 2.75) is 6.54 Å². The van der Waals surface area contributed by atoms with E-state index in [2.05, 4.69) is 10.3 Å². The van der Waals surface area contributed by atoms with E-state index in [-0.39, 0.29) is 40.1 Å². The van der Waals surface area contributed by atoms with Gasteiger partial charge in [0.15, 0.2) is 17.3 Å². The van der Waals surface area contributed by atoms with Gasteiger partial charge in [-0.1, -0.05) is 29.8 Å². The Kier molecular flexibility index (Phi) is 6.98. The number of carbonyl (C=O) groups is 1. The van der Waals surface area contributed by atoms with Gasteiger partial charge in [0.1, 0.15) is 16.6 Å². The van der Waals surface area contributed by atoms with Crippen molar-refractivity contribution in [2.75, 3.05) is 12.8 Å². The Morgan fingerprint density at radius 1 is 1.11 bits per heavy atom. The molecule has 4 aromatic rings. The van der Waals surface area contributed by atoms with Gasteiger partial charge in [0.2, 0.25) is 0 Å². The van der Waals surface area contributed by atoms with Gasteiger partial charge in [0, 0.05) is 42.7 Å². The molecule has 2 aromatic heterocycles. The number of halogens is 2. The average Bonchev–Trinajstić information content (AvgIpc) is 2.87. The van der Waals surface area contributed by atoms with E-state index >= 15 is 0 Å². The van der Waals surface area contributed by atoms with Crippen LogP contribution < -0.4 is 26.1 Å². The van der Waals surface area contributed by atoms with Gasteiger partial charge in [-0.2, -0.15) is 0 Å². The molecule has 0 spiro atoms.